The number of nitrogens with zero attached hydrogens (tertiary/aromatic N) is 1. The minimum Gasteiger partial charge on any atom is -0.350 e. The van der Waals surface area contributed by atoms with Crippen LogP contribution >= 0.6 is 0 Å². The molecule has 0 heterocycles. The summed E-state index contributed by atoms with van der Waals surface area (Å²) in [5.41, 5.74) is 0.817. The Kier molecular flexibility index (Phi) is 4.50. The van der Waals surface area contributed by atoms with Gasteiger partial charge in [-0.15, -0.1) is 0 Å². The van der Waals surface area contributed by atoms with Crippen molar-refractivity contribution in [2.24, 2.45) is 5.92 Å². The fraction of sp³-hybridized carbons (Fsp3) is 0.400. The number of nitro benzene ring substituents is 1. The zero-order valence-electron chi connectivity index (χ0n) is 11.4. The third kappa shape index (κ3) is 3.91. The van der Waals surface area contributed by atoms with Crippen LogP contribution in [0.2, 0.25) is 0 Å². The van der Waals surface area contributed by atoms with Crippen LogP contribution < -0.4 is 5.32 Å². The monoisotopic (exact) mass is 274 g/mol. The van der Waals surface area contributed by atoms with E-state index < -0.39 is 4.92 Å². The lowest BCUT2D eigenvalue weighted by atomic mass is 10.1. The van der Waals surface area contributed by atoms with Crippen molar-refractivity contribution in [3.63, 3.8) is 0 Å². The smallest absolute Gasteiger partial charge is 0.269 e. The third-order valence-electron chi connectivity index (χ3n) is 3.57. The lowest BCUT2D eigenvalue weighted by Gasteiger charge is -2.09. The molecule has 106 valence electrons. The molecule has 1 aromatic carbocycles. The Labute approximate surface area is 117 Å². The quantitative estimate of drug-likeness (QED) is 0.521. The van der Waals surface area contributed by atoms with Crippen molar-refractivity contribution in [1.82, 2.24) is 5.32 Å². The first kappa shape index (κ1) is 14.2. The van der Waals surface area contributed by atoms with Gasteiger partial charge in [0.25, 0.3) is 5.69 Å². The van der Waals surface area contributed by atoms with Gasteiger partial charge in [0.05, 0.1) is 4.92 Å². The molecule has 0 spiro atoms. The Balaban J connectivity index is 1.88. The summed E-state index contributed by atoms with van der Waals surface area (Å²) >= 11 is 0. The Morgan fingerprint density at radius 1 is 1.35 bits per heavy atom. The van der Waals surface area contributed by atoms with Gasteiger partial charge in [0, 0.05) is 24.3 Å². The summed E-state index contributed by atoms with van der Waals surface area (Å²) in [7, 11) is 0. The number of amides is 1. The van der Waals surface area contributed by atoms with Crippen molar-refractivity contribution in [1.29, 1.82) is 0 Å². The van der Waals surface area contributed by atoms with Gasteiger partial charge in [0.2, 0.25) is 5.91 Å². The van der Waals surface area contributed by atoms with E-state index in [4.69, 9.17) is 0 Å². The highest BCUT2D eigenvalue weighted by Gasteiger charge is 2.21. The molecule has 5 nitrogen and oxygen atoms in total. The molecule has 0 radical (unpaired) electrons. The molecule has 5 heteroatoms. The molecule has 1 saturated carbocycles. The highest BCUT2D eigenvalue weighted by Crippen LogP contribution is 2.24. The van der Waals surface area contributed by atoms with Gasteiger partial charge in [-0.25, -0.2) is 0 Å². The lowest BCUT2D eigenvalue weighted by Crippen LogP contribution is -2.31. The molecule has 1 aromatic rings. The van der Waals surface area contributed by atoms with Crippen molar-refractivity contribution < 1.29 is 9.72 Å². The predicted molar refractivity (Wildman–Crippen MR) is 77.1 cm³/mol. The molecule has 1 aliphatic rings. The zero-order chi connectivity index (χ0) is 14.5. The van der Waals surface area contributed by atoms with Crippen molar-refractivity contribution in [2.75, 3.05) is 0 Å². The predicted octanol–water partition coefficient (Wildman–Crippen LogP) is 2.91. The summed E-state index contributed by atoms with van der Waals surface area (Å²) in [6.07, 6.45) is 6.38. The number of benzene rings is 1. The van der Waals surface area contributed by atoms with Crippen molar-refractivity contribution >= 4 is 17.7 Å². The molecule has 0 aliphatic heterocycles. The molecule has 2 rings (SSSR count). The van der Waals surface area contributed by atoms with E-state index in [0.717, 1.165) is 24.8 Å². The Morgan fingerprint density at radius 3 is 2.60 bits per heavy atom. The number of non-ortho nitro benzene ring substituents is 1. The van der Waals surface area contributed by atoms with Crippen LogP contribution in [0.25, 0.3) is 6.08 Å². The Bertz CT molecular complexity index is 522. The van der Waals surface area contributed by atoms with Crippen LogP contribution in [0.1, 0.15) is 31.7 Å². The topological polar surface area (TPSA) is 72.2 Å². The standard InChI is InChI=1S/C15H18N2O3/c1-11-2-6-13(10-11)16-15(18)9-5-12-3-7-14(8-4-12)17(19)20/h3-5,7-9,11,13H,2,6,10H2,1H3,(H,16,18)/b9-5+. The third-order valence-corrected chi connectivity index (χ3v) is 3.57. The summed E-state index contributed by atoms with van der Waals surface area (Å²) < 4.78 is 0. The molecular formula is C15H18N2O3. The lowest BCUT2D eigenvalue weighted by molar-refractivity contribution is -0.384. The maximum Gasteiger partial charge on any atom is 0.269 e. The Hall–Kier alpha value is -2.17. The van der Waals surface area contributed by atoms with Gasteiger partial charge >= 0.3 is 0 Å². The molecule has 0 aromatic heterocycles. The van der Waals surface area contributed by atoms with Crippen molar-refractivity contribution in [3.8, 4) is 0 Å². The first-order valence-electron chi connectivity index (χ1n) is 6.77. The molecule has 20 heavy (non-hydrogen) atoms. The molecule has 1 amide bonds. The normalized spacial score (nSPS) is 22.1. The number of rotatable bonds is 4. The molecule has 1 N–H and O–H groups in total. The average Bonchev–Trinajstić information content (AvgIpc) is 2.82. The van der Waals surface area contributed by atoms with E-state index in [2.05, 4.69) is 12.2 Å². The van der Waals surface area contributed by atoms with Crippen LogP contribution in [-0.2, 0) is 4.79 Å². The molecule has 1 aliphatic carbocycles. The van der Waals surface area contributed by atoms with E-state index in [0.29, 0.717) is 5.92 Å². The summed E-state index contributed by atoms with van der Waals surface area (Å²) in [5.74, 6) is 0.571. The summed E-state index contributed by atoms with van der Waals surface area (Å²) in [6, 6.07) is 6.38. The molecule has 0 saturated heterocycles. The second-order valence-corrected chi connectivity index (χ2v) is 5.31. The van der Waals surface area contributed by atoms with Gasteiger partial charge in [-0.05, 0) is 49.0 Å². The largest absolute Gasteiger partial charge is 0.350 e. The van der Waals surface area contributed by atoms with Gasteiger partial charge in [0.15, 0.2) is 0 Å². The molecule has 1 fully saturated rings. The highest BCUT2D eigenvalue weighted by molar-refractivity contribution is 5.91. The van der Waals surface area contributed by atoms with E-state index in [1.54, 1.807) is 18.2 Å². The minimum atomic E-state index is -0.443. The second kappa shape index (κ2) is 6.32. The fourth-order valence-corrected chi connectivity index (χ4v) is 2.47. The number of hydrogen-bond acceptors (Lipinski definition) is 3. The molecule has 2 atom stereocenters. The molecular weight excluding hydrogens is 256 g/mol. The Morgan fingerprint density at radius 2 is 2.05 bits per heavy atom. The second-order valence-electron chi connectivity index (χ2n) is 5.31. The van der Waals surface area contributed by atoms with Crippen LogP contribution in [0.4, 0.5) is 5.69 Å². The number of carbonyl (C=O) groups is 1. The minimum absolute atomic E-state index is 0.0477. The van der Waals surface area contributed by atoms with Crippen LogP contribution in [0.5, 0.6) is 0 Å². The average molecular weight is 274 g/mol. The number of carbonyl (C=O) groups excluding carboxylic acids is 1. The summed E-state index contributed by atoms with van der Waals surface area (Å²) in [5, 5.41) is 13.5. The first-order valence-corrected chi connectivity index (χ1v) is 6.77. The van der Waals surface area contributed by atoms with Crippen LogP contribution in [0.3, 0.4) is 0 Å². The van der Waals surface area contributed by atoms with Gasteiger partial charge in [-0.1, -0.05) is 6.92 Å². The summed E-state index contributed by atoms with van der Waals surface area (Å²) in [4.78, 5) is 21.8. The summed E-state index contributed by atoms with van der Waals surface area (Å²) in [6.45, 7) is 2.19. The van der Waals surface area contributed by atoms with E-state index in [-0.39, 0.29) is 17.6 Å². The van der Waals surface area contributed by atoms with Crippen molar-refractivity contribution in [2.45, 2.75) is 32.2 Å². The van der Waals surface area contributed by atoms with Crippen LogP contribution in [0, 0.1) is 16.0 Å². The van der Waals surface area contributed by atoms with E-state index in [1.807, 2.05) is 0 Å². The van der Waals surface area contributed by atoms with E-state index in [1.165, 1.54) is 18.2 Å². The first-order chi connectivity index (χ1) is 9.54. The van der Waals surface area contributed by atoms with Gasteiger partial charge in [0.1, 0.15) is 0 Å². The van der Waals surface area contributed by atoms with Gasteiger partial charge in [-0.3, -0.25) is 14.9 Å². The van der Waals surface area contributed by atoms with Gasteiger partial charge < -0.3 is 5.32 Å². The van der Waals surface area contributed by atoms with Crippen LogP contribution in [0.15, 0.2) is 30.3 Å². The molecule has 2 unspecified atom stereocenters. The maximum absolute atomic E-state index is 11.7. The zero-order valence-corrected chi connectivity index (χ0v) is 11.4. The van der Waals surface area contributed by atoms with Gasteiger partial charge in [-0.2, -0.15) is 0 Å². The number of nitrogens with one attached hydrogen (secondary N) is 1. The number of nitro groups is 1. The fourth-order valence-electron chi connectivity index (χ4n) is 2.47. The van der Waals surface area contributed by atoms with Crippen LogP contribution in [-0.4, -0.2) is 16.9 Å². The van der Waals surface area contributed by atoms with E-state index in [9.17, 15) is 14.9 Å². The molecule has 0 bridgehead atoms. The van der Waals surface area contributed by atoms with E-state index >= 15 is 0 Å². The highest BCUT2D eigenvalue weighted by atomic mass is 16.6. The SMILES string of the molecule is CC1CCC(NC(=O)/C=C/c2ccc([N+](=O)[O-])cc2)C1. The number of hydrogen-bond donors (Lipinski definition) is 1. The maximum atomic E-state index is 11.7. The van der Waals surface area contributed by atoms with Crippen molar-refractivity contribution in [3.05, 3.63) is 46.0 Å².